The molecule has 1 heterocycles. The van der Waals surface area contributed by atoms with Crippen molar-refractivity contribution in [3.63, 3.8) is 0 Å². The van der Waals surface area contributed by atoms with Crippen molar-refractivity contribution in [1.29, 1.82) is 0 Å². The van der Waals surface area contributed by atoms with Gasteiger partial charge in [-0.05, 0) is 30.7 Å². The lowest BCUT2D eigenvalue weighted by Crippen LogP contribution is -2.11. The second kappa shape index (κ2) is 4.66. The van der Waals surface area contributed by atoms with Gasteiger partial charge in [-0.1, -0.05) is 0 Å². The van der Waals surface area contributed by atoms with Crippen molar-refractivity contribution in [2.75, 3.05) is 0 Å². The highest BCUT2D eigenvalue weighted by atomic mass is 19.4. The minimum absolute atomic E-state index is 0.0597. The Morgan fingerprint density at radius 3 is 2.45 bits per heavy atom. The molecule has 2 rings (SSSR count). The number of carboxylic acid groups (broad SMARTS) is 1. The first-order valence-electron chi connectivity index (χ1n) is 5.65. The fourth-order valence-corrected chi connectivity index (χ4v) is 1.94. The first-order chi connectivity index (χ1) is 9.20. The third-order valence-corrected chi connectivity index (χ3v) is 2.89. The fourth-order valence-electron chi connectivity index (χ4n) is 1.94. The second-order valence-electron chi connectivity index (χ2n) is 4.39. The smallest absolute Gasteiger partial charge is 0.417 e. The average molecular weight is 284 g/mol. The molecule has 20 heavy (non-hydrogen) atoms. The van der Waals surface area contributed by atoms with Crippen LogP contribution in [-0.4, -0.2) is 20.9 Å². The Morgan fingerprint density at radius 2 is 2.00 bits per heavy atom. The van der Waals surface area contributed by atoms with Crippen molar-refractivity contribution in [2.24, 2.45) is 7.05 Å². The van der Waals surface area contributed by atoms with Gasteiger partial charge in [-0.2, -0.15) is 18.3 Å². The van der Waals surface area contributed by atoms with Crippen LogP contribution in [0.2, 0.25) is 0 Å². The van der Waals surface area contributed by atoms with Gasteiger partial charge in [0, 0.05) is 18.8 Å². The molecule has 106 valence electrons. The van der Waals surface area contributed by atoms with Gasteiger partial charge < -0.3 is 5.11 Å². The van der Waals surface area contributed by atoms with Crippen LogP contribution in [0.4, 0.5) is 13.2 Å². The number of carboxylic acids is 1. The molecular formula is C13H11F3N2O2. The minimum Gasteiger partial charge on any atom is -0.478 e. The topological polar surface area (TPSA) is 55.1 Å². The van der Waals surface area contributed by atoms with Crippen molar-refractivity contribution < 1.29 is 23.1 Å². The van der Waals surface area contributed by atoms with Gasteiger partial charge in [0.1, 0.15) is 0 Å². The first kappa shape index (κ1) is 14.1. The van der Waals surface area contributed by atoms with Gasteiger partial charge >= 0.3 is 12.1 Å². The van der Waals surface area contributed by atoms with E-state index in [0.29, 0.717) is 0 Å². The number of benzene rings is 1. The molecule has 0 saturated heterocycles. The fraction of sp³-hybridized carbons (Fsp3) is 0.231. The highest BCUT2D eigenvalue weighted by molar-refractivity contribution is 5.91. The number of halogens is 3. The molecule has 0 spiro atoms. The SMILES string of the molecule is Cc1cc(C(F)(F)F)c(-c2ccn(C)n2)cc1C(=O)O. The van der Waals surface area contributed by atoms with Crippen molar-refractivity contribution in [3.8, 4) is 11.3 Å². The Balaban J connectivity index is 2.75. The molecule has 0 saturated carbocycles. The number of alkyl halides is 3. The third kappa shape index (κ3) is 2.52. The standard InChI is InChI=1S/C13H11F3N2O2/c1-7-5-10(13(14,15)16)9(6-8(7)12(19)20)11-3-4-18(2)17-11/h3-6H,1-2H3,(H,19,20). The van der Waals surface area contributed by atoms with Gasteiger partial charge in [-0.3, -0.25) is 4.68 Å². The maximum Gasteiger partial charge on any atom is 0.417 e. The van der Waals surface area contributed by atoms with Crippen molar-refractivity contribution in [2.45, 2.75) is 13.1 Å². The number of hydrogen-bond donors (Lipinski definition) is 1. The zero-order valence-electron chi connectivity index (χ0n) is 10.7. The van der Waals surface area contributed by atoms with Crippen molar-refractivity contribution in [1.82, 2.24) is 9.78 Å². The summed E-state index contributed by atoms with van der Waals surface area (Å²) < 4.78 is 40.6. The van der Waals surface area contributed by atoms with Gasteiger partial charge in [0.05, 0.1) is 16.8 Å². The second-order valence-corrected chi connectivity index (χ2v) is 4.39. The van der Waals surface area contributed by atoms with Crippen LogP contribution in [0.5, 0.6) is 0 Å². The Hall–Kier alpha value is -2.31. The summed E-state index contributed by atoms with van der Waals surface area (Å²) in [5.74, 6) is -1.27. The highest BCUT2D eigenvalue weighted by Gasteiger charge is 2.35. The Kier molecular flexibility index (Phi) is 3.29. The third-order valence-electron chi connectivity index (χ3n) is 2.89. The van der Waals surface area contributed by atoms with Gasteiger partial charge in [0.2, 0.25) is 0 Å². The van der Waals surface area contributed by atoms with Crippen LogP contribution in [0.3, 0.4) is 0 Å². The molecule has 0 unspecified atom stereocenters. The lowest BCUT2D eigenvalue weighted by atomic mass is 9.97. The maximum atomic E-state index is 13.1. The summed E-state index contributed by atoms with van der Waals surface area (Å²) in [5, 5.41) is 12.9. The molecule has 0 radical (unpaired) electrons. The number of rotatable bonds is 2. The average Bonchev–Trinajstić information content (AvgIpc) is 2.73. The molecular weight excluding hydrogens is 273 g/mol. The molecule has 7 heteroatoms. The molecule has 2 aromatic rings. The quantitative estimate of drug-likeness (QED) is 0.921. The summed E-state index contributed by atoms with van der Waals surface area (Å²) in [6.45, 7) is 1.33. The summed E-state index contributed by atoms with van der Waals surface area (Å²) >= 11 is 0. The first-order valence-corrected chi connectivity index (χ1v) is 5.65. The summed E-state index contributed by atoms with van der Waals surface area (Å²) in [5.41, 5.74) is -1.15. The predicted octanol–water partition coefficient (Wildman–Crippen LogP) is 3.11. The maximum absolute atomic E-state index is 13.1. The number of aromatic carboxylic acids is 1. The van der Waals surface area contributed by atoms with Gasteiger partial charge in [-0.15, -0.1) is 0 Å². The highest BCUT2D eigenvalue weighted by Crippen LogP contribution is 2.38. The molecule has 0 aliphatic carbocycles. The van der Waals surface area contributed by atoms with Crippen LogP contribution in [-0.2, 0) is 13.2 Å². The van der Waals surface area contributed by atoms with E-state index < -0.39 is 17.7 Å². The van der Waals surface area contributed by atoms with E-state index in [-0.39, 0.29) is 22.4 Å². The molecule has 0 aliphatic rings. The summed E-state index contributed by atoms with van der Waals surface area (Å²) in [6, 6.07) is 3.27. The Morgan fingerprint density at radius 1 is 1.35 bits per heavy atom. The van der Waals surface area contributed by atoms with Crippen LogP contribution in [0.25, 0.3) is 11.3 Å². The van der Waals surface area contributed by atoms with E-state index in [0.717, 1.165) is 12.1 Å². The molecule has 0 amide bonds. The molecule has 4 nitrogen and oxygen atoms in total. The van der Waals surface area contributed by atoms with E-state index in [1.54, 1.807) is 7.05 Å². The molecule has 0 atom stereocenters. The Labute approximate surface area is 112 Å². The number of hydrogen-bond acceptors (Lipinski definition) is 2. The number of carbonyl (C=O) groups is 1. The van der Waals surface area contributed by atoms with Crippen molar-refractivity contribution >= 4 is 5.97 Å². The zero-order valence-corrected chi connectivity index (χ0v) is 10.7. The van der Waals surface area contributed by atoms with Gasteiger partial charge in [0.15, 0.2) is 0 Å². The summed E-state index contributed by atoms with van der Waals surface area (Å²) in [4.78, 5) is 11.1. The number of aryl methyl sites for hydroxylation is 2. The van der Waals surface area contributed by atoms with Crippen LogP contribution < -0.4 is 0 Å². The molecule has 0 fully saturated rings. The molecule has 0 bridgehead atoms. The minimum atomic E-state index is -4.57. The molecule has 1 aromatic carbocycles. The van der Waals surface area contributed by atoms with E-state index >= 15 is 0 Å². The van der Waals surface area contributed by atoms with Crippen LogP contribution in [0, 0.1) is 6.92 Å². The lowest BCUT2D eigenvalue weighted by molar-refractivity contribution is -0.137. The van der Waals surface area contributed by atoms with E-state index in [9.17, 15) is 18.0 Å². The number of nitrogens with zero attached hydrogens (tertiary/aromatic N) is 2. The van der Waals surface area contributed by atoms with E-state index in [1.807, 2.05) is 0 Å². The molecule has 1 aromatic heterocycles. The van der Waals surface area contributed by atoms with Crippen LogP contribution in [0.1, 0.15) is 21.5 Å². The van der Waals surface area contributed by atoms with E-state index in [2.05, 4.69) is 5.10 Å². The molecule has 1 N–H and O–H groups in total. The predicted molar refractivity (Wildman–Crippen MR) is 65.3 cm³/mol. The van der Waals surface area contributed by atoms with Crippen molar-refractivity contribution in [3.05, 3.63) is 41.1 Å². The summed E-state index contributed by atoms with van der Waals surface area (Å²) in [6.07, 6.45) is -3.08. The zero-order chi connectivity index (χ0) is 15.1. The summed E-state index contributed by atoms with van der Waals surface area (Å²) in [7, 11) is 1.57. The van der Waals surface area contributed by atoms with E-state index in [1.165, 1.54) is 23.9 Å². The Bertz CT molecular complexity index is 675. The van der Waals surface area contributed by atoms with Crippen LogP contribution >= 0.6 is 0 Å². The normalized spacial score (nSPS) is 11.7. The van der Waals surface area contributed by atoms with Crippen LogP contribution in [0.15, 0.2) is 24.4 Å². The lowest BCUT2D eigenvalue weighted by Gasteiger charge is -2.14. The van der Waals surface area contributed by atoms with E-state index in [4.69, 9.17) is 5.11 Å². The monoisotopic (exact) mass is 284 g/mol. The van der Waals surface area contributed by atoms with Gasteiger partial charge in [-0.25, -0.2) is 4.79 Å². The largest absolute Gasteiger partial charge is 0.478 e. The molecule has 0 aliphatic heterocycles. The van der Waals surface area contributed by atoms with Gasteiger partial charge in [0.25, 0.3) is 0 Å². The number of aromatic nitrogens is 2.